The van der Waals surface area contributed by atoms with Crippen molar-refractivity contribution in [3.63, 3.8) is 0 Å². The highest BCUT2D eigenvalue weighted by Gasteiger charge is 2.14. The first-order valence-corrected chi connectivity index (χ1v) is 7.23. The maximum atomic E-state index is 6.33. The van der Waals surface area contributed by atoms with Gasteiger partial charge in [0, 0.05) is 11.6 Å². The number of fused-ring (bicyclic) bond motifs is 1. The SMILES string of the molecule is COc1ccc(C)c2c(Cl)nc(-c3cnc(C)s3)nc12. The maximum Gasteiger partial charge on any atom is 0.173 e. The smallest absolute Gasteiger partial charge is 0.173 e. The van der Waals surface area contributed by atoms with E-state index >= 15 is 0 Å². The Balaban J connectivity index is 2.32. The summed E-state index contributed by atoms with van der Waals surface area (Å²) in [6.45, 7) is 3.93. The molecule has 0 amide bonds. The maximum absolute atomic E-state index is 6.33. The number of ether oxygens (including phenoxy) is 1. The lowest BCUT2D eigenvalue weighted by Crippen LogP contribution is -1.95. The molecule has 0 spiro atoms. The van der Waals surface area contributed by atoms with Crippen LogP contribution in [-0.2, 0) is 0 Å². The zero-order valence-corrected chi connectivity index (χ0v) is 12.8. The Labute approximate surface area is 125 Å². The molecule has 0 atom stereocenters. The first kappa shape index (κ1) is 13.3. The van der Waals surface area contributed by atoms with Gasteiger partial charge in [0.05, 0.1) is 17.0 Å². The number of rotatable bonds is 2. The van der Waals surface area contributed by atoms with Crippen LogP contribution in [-0.4, -0.2) is 22.1 Å². The second-order valence-corrected chi connectivity index (χ2v) is 5.98. The van der Waals surface area contributed by atoms with Gasteiger partial charge in [0.2, 0.25) is 0 Å². The lowest BCUT2D eigenvalue weighted by Gasteiger charge is -2.09. The molecule has 4 nitrogen and oxygen atoms in total. The van der Waals surface area contributed by atoms with E-state index < -0.39 is 0 Å². The van der Waals surface area contributed by atoms with Crippen LogP contribution < -0.4 is 4.74 Å². The van der Waals surface area contributed by atoms with Crippen LogP contribution in [0.3, 0.4) is 0 Å². The molecule has 0 unspecified atom stereocenters. The number of hydrogen-bond acceptors (Lipinski definition) is 5. The lowest BCUT2D eigenvalue weighted by molar-refractivity contribution is 0.419. The summed E-state index contributed by atoms with van der Waals surface area (Å²) in [5.74, 6) is 1.27. The van der Waals surface area contributed by atoms with Crippen LogP contribution in [0.25, 0.3) is 21.6 Å². The van der Waals surface area contributed by atoms with Crippen molar-refractivity contribution in [2.24, 2.45) is 0 Å². The fourth-order valence-corrected chi connectivity index (χ4v) is 3.09. The van der Waals surface area contributed by atoms with Crippen LogP contribution in [0.4, 0.5) is 0 Å². The first-order chi connectivity index (χ1) is 9.60. The van der Waals surface area contributed by atoms with E-state index in [0.717, 1.165) is 26.4 Å². The molecule has 2 heterocycles. The Morgan fingerprint density at radius 3 is 2.65 bits per heavy atom. The zero-order valence-electron chi connectivity index (χ0n) is 11.3. The Bertz CT molecular complexity index is 800. The van der Waals surface area contributed by atoms with Gasteiger partial charge in [0.25, 0.3) is 0 Å². The van der Waals surface area contributed by atoms with Crippen LogP contribution in [0.1, 0.15) is 10.6 Å². The van der Waals surface area contributed by atoms with Crippen molar-refractivity contribution in [1.29, 1.82) is 0 Å². The van der Waals surface area contributed by atoms with Gasteiger partial charge >= 0.3 is 0 Å². The third kappa shape index (κ3) is 2.13. The summed E-state index contributed by atoms with van der Waals surface area (Å²) in [5, 5.41) is 2.24. The average Bonchev–Trinajstić information content (AvgIpc) is 2.85. The van der Waals surface area contributed by atoms with Gasteiger partial charge in [-0.25, -0.2) is 15.0 Å². The quantitative estimate of drug-likeness (QED) is 0.671. The zero-order chi connectivity index (χ0) is 14.3. The molecular weight excluding hydrogens is 294 g/mol. The highest BCUT2D eigenvalue weighted by molar-refractivity contribution is 7.14. The van der Waals surface area contributed by atoms with Gasteiger partial charge in [-0.1, -0.05) is 17.7 Å². The molecule has 0 fully saturated rings. The number of benzene rings is 1. The van der Waals surface area contributed by atoms with Crippen LogP contribution in [0.15, 0.2) is 18.3 Å². The van der Waals surface area contributed by atoms with Gasteiger partial charge in [-0.3, -0.25) is 0 Å². The van der Waals surface area contributed by atoms with E-state index in [9.17, 15) is 0 Å². The molecule has 3 aromatic rings. The molecule has 0 saturated carbocycles. The number of nitrogens with zero attached hydrogens (tertiary/aromatic N) is 3. The lowest BCUT2D eigenvalue weighted by atomic mass is 10.1. The Hall–Kier alpha value is -1.72. The van der Waals surface area contributed by atoms with Gasteiger partial charge < -0.3 is 4.74 Å². The van der Waals surface area contributed by atoms with Gasteiger partial charge in [0.15, 0.2) is 5.82 Å². The molecule has 0 aliphatic rings. The molecule has 0 N–H and O–H groups in total. The molecule has 0 radical (unpaired) electrons. The summed E-state index contributed by atoms with van der Waals surface area (Å²) < 4.78 is 5.37. The minimum Gasteiger partial charge on any atom is -0.494 e. The molecule has 0 aliphatic heterocycles. The normalized spacial score (nSPS) is 11.0. The molecule has 102 valence electrons. The largest absolute Gasteiger partial charge is 0.494 e. The van der Waals surface area contributed by atoms with E-state index in [1.165, 1.54) is 0 Å². The van der Waals surface area contributed by atoms with Gasteiger partial charge in [-0.15, -0.1) is 11.3 Å². The highest BCUT2D eigenvalue weighted by Crippen LogP contribution is 2.34. The highest BCUT2D eigenvalue weighted by atomic mass is 35.5. The molecule has 2 aromatic heterocycles. The Morgan fingerprint density at radius 1 is 1.20 bits per heavy atom. The van der Waals surface area contributed by atoms with E-state index in [4.69, 9.17) is 16.3 Å². The Morgan fingerprint density at radius 2 is 2.00 bits per heavy atom. The topological polar surface area (TPSA) is 47.9 Å². The van der Waals surface area contributed by atoms with E-state index in [1.807, 2.05) is 26.0 Å². The van der Waals surface area contributed by atoms with Gasteiger partial charge in [-0.2, -0.15) is 0 Å². The van der Waals surface area contributed by atoms with Crippen molar-refractivity contribution in [3.05, 3.63) is 34.1 Å². The predicted octanol–water partition coefficient (Wildman–Crippen LogP) is 4.03. The van der Waals surface area contributed by atoms with Crippen LogP contribution >= 0.6 is 22.9 Å². The summed E-state index contributed by atoms with van der Waals surface area (Å²) in [6.07, 6.45) is 1.76. The van der Waals surface area contributed by atoms with Gasteiger partial charge in [-0.05, 0) is 25.5 Å². The summed E-state index contributed by atoms with van der Waals surface area (Å²) in [4.78, 5) is 14.1. The number of aryl methyl sites for hydroxylation is 2. The minimum absolute atomic E-state index is 0.437. The van der Waals surface area contributed by atoms with Crippen molar-refractivity contribution >= 4 is 33.8 Å². The molecular formula is C14H12ClN3OS. The second kappa shape index (κ2) is 5.00. The van der Waals surface area contributed by atoms with Crippen molar-refractivity contribution in [2.75, 3.05) is 7.11 Å². The van der Waals surface area contributed by atoms with Crippen molar-refractivity contribution in [2.45, 2.75) is 13.8 Å². The number of hydrogen-bond donors (Lipinski definition) is 0. The fraction of sp³-hybridized carbons (Fsp3) is 0.214. The number of thiazole rings is 1. The molecule has 20 heavy (non-hydrogen) atoms. The Kier molecular flexibility index (Phi) is 3.31. The van der Waals surface area contributed by atoms with Crippen LogP contribution in [0, 0.1) is 13.8 Å². The molecule has 3 rings (SSSR count). The number of methoxy groups -OCH3 is 1. The summed E-state index contributed by atoms with van der Waals surface area (Å²) in [6, 6.07) is 3.84. The van der Waals surface area contributed by atoms with Crippen molar-refractivity contribution in [1.82, 2.24) is 15.0 Å². The van der Waals surface area contributed by atoms with Crippen molar-refractivity contribution in [3.8, 4) is 16.5 Å². The number of halogens is 1. The third-order valence-corrected chi connectivity index (χ3v) is 4.22. The van der Waals surface area contributed by atoms with E-state index in [0.29, 0.717) is 16.7 Å². The fourth-order valence-electron chi connectivity index (χ4n) is 2.06. The second-order valence-electron chi connectivity index (χ2n) is 4.39. The van der Waals surface area contributed by atoms with Gasteiger partial charge in [0.1, 0.15) is 16.4 Å². The standard InChI is InChI=1S/C14H12ClN3OS/c1-7-4-5-9(19-3)12-11(7)13(15)18-14(17-12)10-6-16-8(2)20-10/h4-6H,1-3H3. The van der Waals surface area contributed by atoms with Crippen LogP contribution in [0.5, 0.6) is 5.75 Å². The van der Waals surface area contributed by atoms with Crippen LogP contribution in [0.2, 0.25) is 5.15 Å². The van der Waals surface area contributed by atoms with Crippen molar-refractivity contribution < 1.29 is 4.74 Å². The minimum atomic E-state index is 0.437. The molecule has 0 aliphatic carbocycles. The molecule has 1 aromatic carbocycles. The molecule has 0 saturated heterocycles. The number of aromatic nitrogens is 3. The first-order valence-electron chi connectivity index (χ1n) is 6.04. The third-order valence-electron chi connectivity index (χ3n) is 3.04. The van der Waals surface area contributed by atoms with E-state index in [-0.39, 0.29) is 0 Å². The summed E-state index contributed by atoms with van der Waals surface area (Å²) >= 11 is 7.87. The summed E-state index contributed by atoms with van der Waals surface area (Å²) in [7, 11) is 1.62. The van der Waals surface area contributed by atoms with E-state index in [1.54, 1.807) is 24.6 Å². The predicted molar refractivity (Wildman–Crippen MR) is 81.7 cm³/mol. The van der Waals surface area contributed by atoms with E-state index in [2.05, 4.69) is 15.0 Å². The monoisotopic (exact) mass is 305 g/mol. The molecule has 6 heteroatoms. The molecule has 0 bridgehead atoms. The average molecular weight is 306 g/mol. The summed E-state index contributed by atoms with van der Waals surface area (Å²) in [5.41, 5.74) is 1.76.